The van der Waals surface area contributed by atoms with Gasteiger partial charge in [-0.15, -0.1) is 24.0 Å². The lowest BCUT2D eigenvalue weighted by Crippen LogP contribution is -2.39. The number of halogens is 1. The Morgan fingerprint density at radius 3 is 2.55 bits per heavy atom. The summed E-state index contributed by atoms with van der Waals surface area (Å²) in [5.74, 6) is 2.45. The molecular weight excluding hydrogens is 509 g/mol. The number of hydrogen-bond donors (Lipinski definition) is 3. The molecule has 9 heteroatoms. The Hall–Kier alpha value is -2.56. The van der Waals surface area contributed by atoms with Gasteiger partial charge >= 0.3 is 0 Å². The molecule has 1 aromatic carbocycles. The molecule has 1 atom stereocenters. The molecule has 170 valence electrons. The minimum Gasteiger partial charge on any atom is -0.493 e. The maximum Gasteiger partial charge on any atom is 0.227 e. The first-order valence-corrected chi connectivity index (χ1v) is 10.1. The van der Waals surface area contributed by atoms with Gasteiger partial charge in [0, 0.05) is 25.2 Å². The lowest BCUT2D eigenvalue weighted by molar-refractivity contribution is -0.116. The Balaban J connectivity index is 0.00000480. The molecule has 0 aliphatic rings. The van der Waals surface area contributed by atoms with E-state index in [-0.39, 0.29) is 36.0 Å². The van der Waals surface area contributed by atoms with Crippen LogP contribution in [0.5, 0.6) is 11.5 Å². The highest BCUT2D eigenvalue weighted by Crippen LogP contribution is 2.26. The lowest BCUT2D eigenvalue weighted by Gasteiger charge is -2.16. The summed E-state index contributed by atoms with van der Waals surface area (Å²) in [5.41, 5.74) is 0.858. The van der Waals surface area contributed by atoms with E-state index in [4.69, 9.17) is 9.47 Å². The number of rotatable bonds is 10. The van der Waals surface area contributed by atoms with Crippen LogP contribution in [0.2, 0.25) is 0 Å². The molecule has 31 heavy (non-hydrogen) atoms. The van der Waals surface area contributed by atoms with E-state index in [1.54, 1.807) is 13.2 Å². The number of nitrogens with zero attached hydrogens (tertiary/aromatic N) is 2. The van der Waals surface area contributed by atoms with Crippen molar-refractivity contribution in [2.24, 2.45) is 4.99 Å². The van der Waals surface area contributed by atoms with Crippen LogP contribution in [0.1, 0.15) is 26.0 Å². The average molecular weight is 541 g/mol. The molecule has 1 amide bonds. The zero-order chi connectivity index (χ0) is 21.8. The summed E-state index contributed by atoms with van der Waals surface area (Å²) in [6, 6.07) is 13.0. The van der Waals surface area contributed by atoms with E-state index in [2.05, 4.69) is 25.9 Å². The number of nitrogens with one attached hydrogen (secondary N) is 3. The quantitative estimate of drug-likeness (QED) is 0.243. The summed E-state index contributed by atoms with van der Waals surface area (Å²) in [7, 11) is 1.61. The third kappa shape index (κ3) is 9.86. The van der Waals surface area contributed by atoms with Crippen molar-refractivity contribution in [3.05, 3.63) is 48.2 Å². The number of para-hydroxylation sites is 2. The number of anilines is 1. The zero-order valence-electron chi connectivity index (χ0n) is 18.5. The van der Waals surface area contributed by atoms with Gasteiger partial charge in [-0.2, -0.15) is 0 Å². The second kappa shape index (κ2) is 14.4. The van der Waals surface area contributed by atoms with Gasteiger partial charge in [-0.3, -0.25) is 4.79 Å². The molecule has 0 radical (unpaired) electrons. The maximum absolute atomic E-state index is 12.1. The summed E-state index contributed by atoms with van der Waals surface area (Å²) in [4.78, 5) is 20.9. The molecule has 0 saturated carbocycles. The largest absolute Gasteiger partial charge is 0.493 e. The predicted molar refractivity (Wildman–Crippen MR) is 135 cm³/mol. The van der Waals surface area contributed by atoms with Crippen LogP contribution in [0.25, 0.3) is 0 Å². The number of guanidine groups is 1. The standard InChI is InChI=1S/C22H31N5O3.HI/c1-5-23-22(24-14-13-21(28)27-20-12-8-9-16(2)26-20)25-15-17(3)30-19-11-7-6-10-18(19)29-4;/h6-12,17H,5,13-15H2,1-4H3,(H2,23,24,25)(H,26,27,28);1H. The van der Waals surface area contributed by atoms with Crippen molar-refractivity contribution in [1.29, 1.82) is 0 Å². The number of pyridine rings is 1. The fourth-order valence-electron chi connectivity index (χ4n) is 2.64. The summed E-state index contributed by atoms with van der Waals surface area (Å²) in [6.07, 6.45) is 0.153. The first-order valence-electron chi connectivity index (χ1n) is 10.1. The SMILES string of the molecule is CCNC(=NCC(C)Oc1ccccc1OC)NCCC(=O)Nc1cccc(C)n1.I. The molecule has 3 N–H and O–H groups in total. The van der Waals surface area contributed by atoms with Gasteiger partial charge in [0.25, 0.3) is 0 Å². The van der Waals surface area contributed by atoms with Gasteiger partial charge in [-0.1, -0.05) is 18.2 Å². The fraction of sp³-hybridized carbons (Fsp3) is 0.409. The highest BCUT2D eigenvalue weighted by atomic mass is 127. The third-order valence-corrected chi connectivity index (χ3v) is 4.05. The van der Waals surface area contributed by atoms with E-state index in [9.17, 15) is 4.79 Å². The van der Waals surface area contributed by atoms with E-state index in [0.717, 1.165) is 5.69 Å². The highest BCUT2D eigenvalue weighted by Gasteiger charge is 2.09. The molecule has 8 nitrogen and oxygen atoms in total. The summed E-state index contributed by atoms with van der Waals surface area (Å²) in [6.45, 7) is 7.43. The molecule has 0 spiro atoms. The Morgan fingerprint density at radius 2 is 1.87 bits per heavy atom. The van der Waals surface area contributed by atoms with Gasteiger partial charge in [0.1, 0.15) is 11.9 Å². The molecule has 1 heterocycles. The van der Waals surface area contributed by atoms with Crippen LogP contribution in [0.15, 0.2) is 47.5 Å². The van der Waals surface area contributed by atoms with Crippen LogP contribution in [0.3, 0.4) is 0 Å². The van der Waals surface area contributed by atoms with Gasteiger partial charge in [-0.25, -0.2) is 9.98 Å². The van der Waals surface area contributed by atoms with E-state index >= 15 is 0 Å². The van der Waals surface area contributed by atoms with Gasteiger partial charge in [0.2, 0.25) is 5.91 Å². The first kappa shape index (κ1) is 26.5. The monoisotopic (exact) mass is 541 g/mol. The fourth-order valence-corrected chi connectivity index (χ4v) is 2.64. The van der Waals surface area contributed by atoms with E-state index < -0.39 is 0 Å². The number of aryl methyl sites for hydroxylation is 1. The number of hydrogen-bond acceptors (Lipinski definition) is 5. The Bertz CT molecular complexity index is 847. The minimum absolute atomic E-state index is 0. The number of ether oxygens (including phenoxy) is 2. The number of carbonyl (C=O) groups excluding carboxylic acids is 1. The second-order valence-corrected chi connectivity index (χ2v) is 6.69. The molecule has 0 saturated heterocycles. The van der Waals surface area contributed by atoms with E-state index in [1.807, 2.05) is 57.2 Å². The predicted octanol–water partition coefficient (Wildman–Crippen LogP) is 3.37. The summed E-state index contributed by atoms with van der Waals surface area (Å²) in [5, 5.41) is 9.13. The number of carbonyl (C=O) groups is 1. The molecule has 0 aliphatic carbocycles. The van der Waals surface area contributed by atoms with Crippen molar-refractivity contribution >= 4 is 41.7 Å². The van der Waals surface area contributed by atoms with Gasteiger partial charge in [-0.05, 0) is 45.0 Å². The topological polar surface area (TPSA) is 96.9 Å². The molecule has 1 aromatic heterocycles. The maximum atomic E-state index is 12.1. The molecule has 2 rings (SSSR count). The third-order valence-electron chi connectivity index (χ3n) is 4.05. The zero-order valence-corrected chi connectivity index (χ0v) is 20.8. The highest BCUT2D eigenvalue weighted by molar-refractivity contribution is 14.0. The number of aliphatic imine (C=N–C) groups is 1. The lowest BCUT2D eigenvalue weighted by atomic mass is 10.3. The van der Waals surface area contributed by atoms with Crippen LogP contribution in [-0.4, -0.2) is 49.7 Å². The van der Waals surface area contributed by atoms with Crippen molar-refractivity contribution in [2.45, 2.75) is 33.3 Å². The Kier molecular flexibility index (Phi) is 12.3. The minimum atomic E-state index is -0.146. The Morgan fingerprint density at radius 1 is 1.13 bits per heavy atom. The van der Waals surface area contributed by atoms with Crippen LogP contribution < -0.4 is 25.4 Å². The normalized spacial score (nSPS) is 11.7. The molecule has 0 fully saturated rings. The average Bonchev–Trinajstić information content (AvgIpc) is 2.72. The Labute approximate surface area is 201 Å². The smallest absolute Gasteiger partial charge is 0.227 e. The van der Waals surface area contributed by atoms with Gasteiger partial charge in [0.15, 0.2) is 17.5 Å². The van der Waals surface area contributed by atoms with Crippen molar-refractivity contribution in [2.75, 3.05) is 32.1 Å². The summed E-state index contributed by atoms with van der Waals surface area (Å²) < 4.78 is 11.2. The molecule has 2 aromatic rings. The number of amides is 1. The molecule has 1 unspecified atom stereocenters. The number of benzene rings is 1. The van der Waals surface area contributed by atoms with E-state index in [0.29, 0.717) is 49.3 Å². The van der Waals surface area contributed by atoms with Crippen molar-refractivity contribution in [3.8, 4) is 11.5 Å². The molecular formula is C22H32IN5O3. The van der Waals surface area contributed by atoms with Gasteiger partial charge < -0.3 is 25.4 Å². The van der Waals surface area contributed by atoms with Crippen LogP contribution in [0.4, 0.5) is 5.82 Å². The number of methoxy groups -OCH3 is 1. The molecule has 0 aliphatic heterocycles. The summed E-state index contributed by atoms with van der Waals surface area (Å²) >= 11 is 0. The van der Waals surface area contributed by atoms with E-state index in [1.165, 1.54) is 0 Å². The molecule has 0 bridgehead atoms. The van der Waals surface area contributed by atoms with Crippen molar-refractivity contribution in [1.82, 2.24) is 15.6 Å². The van der Waals surface area contributed by atoms with Crippen LogP contribution in [0, 0.1) is 6.92 Å². The van der Waals surface area contributed by atoms with Crippen molar-refractivity contribution < 1.29 is 14.3 Å². The van der Waals surface area contributed by atoms with Crippen LogP contribution >= 0.6 is 24.0 Å². The second-order valence-electron chi connectivity index (χ2n) is 6.69. The first-order chi connectivity index (χ1) is 14.5. The van der Waals surface area contributed by atoms with Gasteiger partial charge in [0.05, 0.1) is 13.7 Å². The van der Waals surface area contributed by atoms with Crippen molar-refractivity contribution in [3.63, 3.8) is 0 Å². The van der Waals surface area contributed by atoms with Crippen LogP contribution in [-0.2, 0) is 4.79 Å². The number of aromatic nitrogens is 1.